The van der Waals surface area contributed by atoms with Gasteiger partial charge in [0, 0.05) is 6.07 Å². The van der Waals surface area contributed by atoms with Gasteiger partial charge in [0.2, 0.25) is 0 Å². The first-order chi connectivity index (χ1) is 9.90. The zero-order chi connectivity index (χ0) is 15.3. The van der Waals surface area contributed by atoms with Gasteiger partial charge in [-0.3, -0.25) is 24.3 Å². The molecule has 7 heteroatoms. The third-order valence-electron chi connectivity index (χ3n) is 3.35. The van der Waals surface area contributed by atoms with E-state index >= 15 is 0 Å². The summed E-state index contributed by atoms with van der Waals surface area (Å²) in [6.45, 7) is 1.55. The fraction of sp³-hybridized carbons (Fsp3) is 0.0714. The quantitative estimate of drug-likeness (QED) is 0.757. The van der Waals surface area contributed by atoms with Gasteiger partial charge in [-0.2, -0.15) is 0 Å². The molecule has 0 fully saturated rings. The summed E-state index contributed by atoms with van der Waals surface area (Å²) in [6, 6.07) is 5.06. The number of imide groups is 1. The third kappa shape index (κ3) is 1.82. The zero-order valence-electron chi connectivity index (χ0n) is 10.9. The average molecular weight is 287 g/mol. The number of benzene rings is 1. The van der Waals surface area contributed by atoms with E-state index in [9.17, 15) is 18.8 Å². The molecule has 1 aliphatic heterocycles. The van der Waals surface area contributed by atoms with Gasteiger partial charge >= 0.3 is 0 Å². The van der Waals surface area contributed by atoms with Crippen molar-refractivity contribution in [3.8, 4) is 5.69 Å². The summed E-state index contributed by atoms with van der Waals surface area (Å²) in [4.78, 5) is 35.4. The highest BCUT2D eigenvalue weighted by molar-refractivity contribution is 6.23. The molecule has 3 N–H and O–H groups in total. The van der Waals surface area contributed by atoms with Crippen LogP contribution in [0.3, 0.4) is 0 Å². The number of aryl methyl sites for hydroxylation is 1. The van der Waals surface area contributed by atoms with Crippen LogP contribution in [0.5, 0.6) is 0 Å². The molecule has 3 rings (SSSR count). The molecule has 0 unspecified atom stereocenters. The Labute approximate surface area is 118 Å². The van der Waals surface area contributed by atoms with E-state index in [-0.39, 0.29) is 16.9 Å². The monoisotopic (exact) mass is 287 g/mol. The summed E-state index contributed by atoms with van der Waals surface area (Å²) < 4.78 is 14.4. The van der Waals surface area contributed by atoms with Crippen molar-refractivity contribution in [1.29, 1.82) is 0 Å². The molecular formula is C14H10FN3O3. The molecular weight excluding hydrogens is 277 g/mol. The lowest BCUT2D eigenvalue weighted by atomic mass is 10.1. The van der Waals surface area contributed by atoms with Crippen LogP contribution in [0, 0.1) is 12.7 Å². The van der Waals surface area contributed by atoms with Gasteiger partial charge < -0.3 is 5.73 Å². The van der Waals surface area contributed by atoms with Gasteiger partial charge in [-0.05, 0) is 30.7 Å². The molecule has 2 amide bonds. The summed E-state index contributed by atoms with van der Waals surface area (Å²) in [5, 5.41) is 2.08. The number of nitrogens with one attached hydrogen (secondary N) is 1. The summed E-state index contributed by atoms with van der Waals surface area (Å²) in [7, 11) is 0. The highest BCUT2D eigenvalue weighted by atomic mass is 19.1. The smallest absolute Gasteiger partial charge is 0.262 e. The SMILES string of the molecule is Cc1cc(-n2c(N)c3c(cc2=O)C(=O)NC3=O)ccc1F. The van der Waals surface area contributed by atoms with Crippen molar-refractivity contribution in [2.45, 2.75) is 6.92 Å². The van der Waals surface area contributed by atoms with Crippen LogP contribution in [0.1, 0.15) is 26.3 Å². The number of hydrogen-bond donors (Lipinski definition) is 2. The molecule has 0 saturated carbocycles. The Morgan fingerprint density at radius 3 is 2.52 bits per heavy atom. The van der Waals surface area contributed by atoms with E-state index in [0.717, 1.165) is 10.6 Å². The molecule has 0 aliphatic carbocycles. The first-order valence-electron chi connectivity index (χ1n) is 6.08. The van der Waals surface area contributed by atoms with Crippen molar-refractivity contribution < 1.29 is 14.0 Å². The number of anilines is 1. The largest absolute Gasteiger partial charge is 0.384 e. The maximum Gasteiger partial charge on any atom is 0.262 e. The molecule has 2 heterocycles. The number of fused-ring (bicyclic) bond motifs is 1. The Kier molecular flexibility index (Phi) is 2.65. The lowest BCUT2D eigenvalue weighted by Crippen LogP contribution is -2.24. The number of pyridine rings is 1. The molecule has 1 aromatic heterocycles. The van der Waals surface area contributed by atoms with E-state index in [0.29, 0.717) is 11.3 Å². The second-order valence-electron chi connectivity index (χ2n) is 4.71. The Morgan fingerprint density at radius 1 is 1.14 bits per heavy atom. The maximum atomic E-state index is 13.3. The van der Waals surface area contributed by atoms with E-state index in [1.54, 1.807) is 6.92 Å². The number of nitrogen functional groups attached to an aromatic ring is 1. The molecule has 1 aliphatic rings. The lowest BCUT2D eigenvalue weighted by Gasteiger charge is -2.12. The molecule has 106 valence electrons. The molecule has 6 nitrogen and oxygen atoms in total. The van der Waals surface area contributed by atoms with Crippen molar-refractivity contribution in [2.75, 3.05) is 5.73 Å². The average Bonchev–Trinajstić information content (AvgIpc) is 2.69. The van der Waals surface area contributed by atoms with Gasteiger partial charge in [0.05, 0.1) is 16.8 Å². The predicted octanol–water partition coefficient (Wildman–Crippen LogP) is 0.751. The second kappa shape index (κ2) is 4.27. The van der Waals surface area contributed by atoms with Crippen molar-refractivity contribution >= 4 is 17.6 Å². The topological polar surface area (TPSA) is 94.2 Å². The standard InChI is InChI=1S/C14H10FN3O3/c1-6-4-7(2-3-9(6)15)18-10(19)5-8-11(12(18)16)14(21)17-13(8)20/h2-5H,16H2,1H3,(H,17,20,21). The van der Waals surface area contributed by atoms with Crippen molar-refractivity contribution in [3.05, 3.63) is 57.1 Å². The molecule has 0 radical (unpaired) electrons. The van der Waals surface area contributed by atoms with E-state index < -0.39 is 23.2 Å². The minimum absolute atomic E-state index is 0.0402. The number of amides is 2. The van der Waals surface area contributed by atoms with Gasteiger partial charge in [0.15, 0.2) is 0 Å². The Balaban J connectivity index is 2.32. The van der Waals surface area contributed by atoms with Crippen molar-refractivity contribution in [1.82, 2.24) is 9.88 Å². The van der Waals surface area contributed by atoms with E-state index in [1.807, 2.05) is 0 Å². The summed E-state index contributed by atoms with van der Waals surface area (Å²) in [5.41, 5.74) is 5.87. The predicted molar refractivity (Wildman–Crippen MR) is 72.9 cm³/mol. The summed E-state index contributed by atoms with van der Waals surface area (Å²) in [5.74, 6) is -1.87. The number of halogens is 1. The minimum Gasteiger partial charge on any atom is -0.384 e. The Morgan fingerprint density at radius 2 is 1.86 bits per heavy atom. The third-order valence-corrected chi connectivity index (χ3v) is 3.35. The number of rotatable bonds is 1. The number of aromatic nitrogens is 1. The molecule has 0 bridgehead atoms. The number of nitrogens with two attached hydrogens (primary N) is 1. The second-order valence-corrected chi connectivity index (χ2v) is 4.71. The van der Waals surface area contributed by atoms with Crippen LogP contribution in [-0.4, -0.2) is 16.4 Å². The summed E-state index contributed by atoms with van der Waals surface area (Å²) >= 11 is 0. The maximum absolute atomic E-state index is 13.3. The van der Waals surface area contributed by atoms with Crippen LogP contribution in [0.25, 0.3) is 5.69 Å². The molecule has 0 saturated heterocycles. The van der Waals surface area contributed by atoms with Crippen LogP contribution < -0.4 is 16.6 Å². The summed E-state index contributed by atoms with van der Waals surface area (Å²) in [6.07, 6.45) is 0. The van der Waals surface area contributed by atoms with Crippen molar-refractivity contribution in [3.63, 3.8) is 0 Å². The minimum atomic E-state index is -0.653. The number of nitrogens with zero attached hydrogens (tertiary/aromatic N) is 1. The first kappa shape index (κ1) is 13.0. The van der Waals surface area contributed by atoms with Crippen molar-refractivity contribution in [2.24, 2.45) is 0 Å². The molecule has 2 aromatic rings. The number of carbonyl (C=O) groups is 2. The highest BCUT2D eigenvalue weighted by Gasteiger charge is 2.31. The molecule has 21 heavy (non-hydrogen) atoms. The number of hydrogen-bond acceptors (Lipinski definition) is 4. The van der Waals surface area contributed by atoms with Gasteiger partial charge in [-0.15, -0.1) is 0 Å². The molecule has 0 spiro atoms. The van der Waals surface area contributed by atoms with Crippen LogP contribution in [0.15, 0.2) is 29.1 Å². The van der Waals surface area contributed by atoms with Crippen LogP contribution in [0.4, 0.5) is 10.2 Å². The van der Waals surface area contributed by atoms with Crippen LogP contribution >= 0.6 is 0 Å². The Bertz CT molecular complexity index is 870. The normalized spacial score (nSPS) is 13.2. The first-order valence-corrected chi connectivity index (χ1v) is 6.08. The van der Waals surface area contributed by atoms with Gasteiger partial charge in [0.25, 0.3) is 17.4 Å². The Hall–Kier alpha value is -2.96. The van der Waals surface area contributed by atoms with E-state index in [2.05, 4.69) is 5.32 Å². The highest BCUT2D eigenvalue weighted by Crippen LogP contribution is 2.23. The fourth-order valence-corrected chi connectivity index (χ4v) is 2.31. The number of carbonyl (C=O) groups excluding carboxylic acids is 2. The van der Waals surface area contributed by atoms with Gasteiger partial charge in [-0.1, -0.05) is 0 Å². The van der Waals surface area contributed by atoms with Crippen LogP contribution in [0.2, 0.25) is 0 Å². The van der Waals surface area contributed by atoms with Gasteiger partial charge in [0.1, 0.15) is 11.6 Å². The van der Waals surface area contributed by atoms with E-state index in [1.165, 1.54) is 18.2 Å². The lowest BCUT2D eigenvalue weighted by molar-refractivity contribution is 0.0880. The van der Waals surface area contributed by atoms with Crippen LogP contribution in [-0.2, 0) is 0 Å². The molecule has 0 atom stereocenters. The fourth-order valence-electron chi connectivity index (χ4n) is 2.31. The van der Waals surface area contributed by atoms with E-state index in [4.69, 9.17) is 5.73 Å². The zero-order valence-corrected chi connectivity index (χ0v) is 10.9. The molecule has 1 aromatic carbocycles. The van der Waals surface area contributed by atoms with Gasteiger partial charge in [-0.25, -0.2) is 4.39 Å².